The summed E-state index contributed by atoms with van der Waals surface area (Å²) in [6, 6.07) is 2.29. The molecule has 1 heterocycles. The number of carbonyl (C=O) groups excluding carboxylic acids is 2. The van der Waals surface area contributed by atoms with Gasteiger partial charge in [0.2, 0.25) is 0 Å². The molecule has 0 aliphatic rings. The normalized spacial score (nSPS) is 11.9. The number of carbonyl (C=O) groups is 2. The average Bonchev–Trinajstić information content (AvgIpc) is 3.04. The third-order valence-electron chi connectivity index (χ3n) is 4.06. The van der Waals surface area contributed by atoms with Crippen LogP contribution in [0.25, 0.3) is 10.9 Å². The zero-order chi connectivity index (χ0) is 21.2. The molecule has 0 aliphatic carbocycles. The number of benzene rings is 1. The Kier molecular flexibility index (Phi) is 6.20. The fraction of sp³-hybridized carbons (Fsp3) is 0.412. The number of halogens is 3. The van der Waals surface area contributed by atoms with Crippen molar-refractivity contribution in [3.8, 4) is 11.5 Å². The molecule has 1 aromatic heterocycles. The maximum absolute atomic E-state index is 13.2. The number of alkyl halides is 3. The predicted molar refractivity (Wildman–Crippen MR) is 89.7 cm³/mol. The number of methoxy groups -OCH3 is 4. The number of rotatable bonds is 6. The summed E-state index contributed by atoms with van der Waals surface area (Å²) in [5.41, 5.74) is -0.830. The van der Waals surface area contributed by atoms with Gasteiger partial charge in [-0.15, -0.1) is 0 Å². The van der Waals surface area contributed by atoms with Gasteiger partial charge < -0.3 is 24.1 Å². The summed E-state index contributed by atoms with van der Waals surface area (Å²) < 4.78 is 59.3. The second kappa shape index (κ2) is 8.07. The molecule has 0 unspecified atom stereocenters. The summed E-state index contributed by atoms with van der Waals surface area (Å²) in [7, 11) is 4.78. The number of nitrogens with zero attached hydrogens (tertiary/aromatic N) is 1. The van der Waals surface area contributed by atoms with Crippen molar-refractivity contribution < 1.29 is 46.8 Å². The molecule has 0 spiro atoms. The molecule has 0 fully saturated rings. The number of hydrogen-bond donors (Lipinski definition) is 1. The zero-order valence-electron chi connectivity index (χ0n) is 15.4. The molecule has 1 aromatic carbocycles. The van der Waals surface area contributed by atoms with Crippen molar-refractivity contribution >= 4 is 22.8 Å². The third kappa shape index (κ3) is 3.76. The minimum absolute atomic E-state index is 0.00584. The fourth-order valence-electron chi connectivity index (χ4n) is 2.81. The molecule has 2 rings (SSSR count). The highest BCUT2D eigenvalue weighted by Gasteiger charge is 2.43. The summed E-state index contributed by atoms with van der Waals surface area (Å²) in [5.74, 6) is -4.44. The van der Waals surface area contributed by atoms with Crippen LogP contribution >= 0.6 is 0 Å². The van der Waals surface area contributed by atoms with Crippen LogP contribution in [0.3, 0.4) is 0 Å². The van der Waals surface area contributed by atoms with Crippen molar-refractivity contribution in [3.05, 3.63) is 23.4 Å². The lowest BCUT2D eigenvalue weighted by Crippen LogP contribution is -2.31. The molecule has 2 aromatic rings. The molecular formula is C17H18F3NO7. The molecule has 0 aliphatic heterocycles. The van der Waals surface area contributed by atoms with Gasteiger partial charge in [-0.3, -0.25) is 9.36 Å². The van der Waals surface area contributed by atoms with Crippen LogP contribution in [-0.4, -0.2) is 62.5 Å². The number of fused-ring (bicyclic) bond motifs is 1. The first-order chi connectivity index (χ1) is 13.1. The molecule has 0 amide bonds. The second-order valence-corrected chi connectivity index (χ2v) is 5.61. The maximum Gasteiger partial charge on any atom is 0.472 e. The third-order valence-corrected chi connectivity index (χ3v) is 4.06. The Labute approximate surface area is 157 Å². The number of hydrogen-bond acceptors (Lipinski definition) is 7. The van der Waals surface area contributed by atoms with Gasteiger partial charge in [-0.05, 0) is 17.7 Å². The summed E-state index contributed by atoms with van der Waals surface area (Å²) >= 11 is 0. The highest BCUT2D eigenvalue weighted by Crippen LogP contribution is 2.40. The van der Waals surface area contributed by atoms with Crippen molar-refractivity contribution in [1.82, 2.24) is 4.57 Å². The van der Waals surface area contributed by atoms with Crippen LogP contribution in [0, 0.1) is 0 Å². The zero-order valence-corrected chi connectivity index (χ0v) is 15.4. The fourth-order valence-corrected chi connectivity index (χ4v) is 2.81. The molecule has 0 atom stereocenters. The van der Waals surface area contributed by atoms with Gasteiger partial charge in [-0.25, -0.2) is 4.79 Å². The van der Waals surface area contributed by atoms with E-state index in [0.29, 0.717) is 0 Å². The van der Waals surface area contributed by atoms with Crippen LogP contribution in [0.1, 0.15) is 20.8 Å². The molecule has 0 saturated heterocycles. The van der Waals surface area contributed by atoms with Crippen molar-refractivity contribution in [2.45, 2.75) is 18.9 Å². The van der Waals surface area contributed by atoms with Crippen LogP contribution < -0.4 is 4.74 Å². The molecule has 0 saturated carbocycles. The quantitative estimate of drug-likeness (QED) is 0.583. The van der Waals surface area contributed by atoms with Crippen LogP contribution in [0.4, 0.5) is 13.2 Å². The van der Waals surface area contributed by atoms with Crippen LogP contribution in [0.2, 0.25) is 0 Å². The van der Waals surface area contributed by atoms with E-state index in [4.69, 9.17) is 14.2 Å². The molecule has 28 heavy (non-hydrogen) atoms. The van der Waals surface area contributed by atoms with Gasteiger partial charge in [0, 0.05) is 26.0 Å². The summed E-state index contributed by atoms with van der Waals surface area (Å²) in [4.78, 5) is 24.1. The molecular weight excluding hydrogens is 387 g/mol. The van der Waals surface area contributed by atoms with Gasteiger partial charge in [0.15, 0.2) is 17.8 Å². The molecule has 8 nitrogen and oxygen atoms in total. The van der Waals surface area contributed by atoms with E-state index in [0.717, 1.165) is 20.3 Å². The van der Waals surface area contributed by atoms with Gasteiger partial charge >= 0.3 is 18.1 Å². The van der Waals surface area contributed by atoms with Crippen LogP contribution in [-0.2, 0) is 20.6 Å². The Hall–Kier alpha value is -2.79. The second-order valence-electron chi connectivity index (χ2n) is 5.61. The highest BCUT2D eigenvalue weighted by atomic mass is 19.4. The number of aromatic nitrogens is 1. The van der Waals surface area contributed by atoms with Crippen LogP contribution in [0.15, 0.2) is 12.1 Å². The summed E-state index contributed by atoms with van der Waals surface area (Å²) in [6.07, 6.45) is -6.09. The number of esters is 1. The van der Waals surface area contributed by atoms with E-state index >= 15 is 0 Å². The summed E-state index contributed by atoms with van der Waals surface area (Å²) in [6.45, 7) is 0. The predicted octanol–water partition coefficient (Wildman–Crippen LogP) is 2.51. The van der Waals surface area contributed by atoms with Crippen molar-refractivity contribution in [1.29, 1.82) is 0 Å². The largest absolute Gasteiger partial charge is 0.504 e. The smallest absolute Gasteiger partial charge is 0.472 e. The standard InChI is InChI=1S/C17H18F3NO7/c1-25-12(26-2)6-8-5-11(22)14(27-3)13-9(8)7-10(15(23)28-4)21(13)16(24)17(18,19)20/h5,7,12,22H,6H2,1-4H3. The van der Waals surface area contributed by atoms with Gasteiger partial charge in [0.1, 0.15) is 11.2 Å². The Morgan fingerprint density at radius 3 is 2.21 bits per heavy atom. The van der Waals surface area contributed by atoms with Crippen LogP contribution in [0.5, 0.6) is 11.5 Å². The molecule has 11 heteroatoms. The van der Waals surface area contributed by atoms with Crippen molar-refractivity contribution in [3.63, 3.8) is 0 Å². The number of phenols is 1. The number of phenolic OH excluding ortho intramolecular Hbond substituents is 1. The SMILES string of the molecule is COC(=O)c1cc2c(CC(OC)OC)cc(O)c(OC)c2n1C(=O)C(F)(F)F. The topological polar surface area (TPSA) is 96.2 Å². The Balaban J connectivity index is 2.93. The molecule has 154 valence electrons. The van der Waals surface area contributed by atoms with E-state index in [1.165, 1.54) is 20.3 Å². The first-order valence-corrected chi connectivity index (χ1v) is 7.80. The highest BCUT2D eigenvalue weighted by molar-refractivity contribution is 6.07. The first-order valence-electron chi connectivity index (χ1n) is 7.80. The number of ether oxygens (including phenoxy) is 4. The summed E-state index contributed by atoms with van der Waals surface area (Å²) in [5, 5.41) is 10.3. The van der Waals surface area contributed by atoms with E-state index in [2.05, 4.69) is 4.74 Å². The molecule has 1 N–H and O–H groups in total. The minimum atomic E-state index is -5.30. The lowest BCUT2D eigenvalue weighted by Gasteiger charge is -2.17. The average molecular weight is 405 g/mol. The monoisotopic (exact) mass is 405 g/mol. The van der Waals surface area contributed by atoms with Gasteiger partial charge in [-0.2, -0.15) is 13.2 Å². The van der Waals surface area contributed by atoms with E-state index in [9.17, 15) is 27.9 Å². The van der Waals surface area contributed by atoms with Crippen molar-refractivity contribution in [2.24, 2.45) is 0 Å². The molecule has 0 radical (unpaired) electrons. The molecule has 0 bridgehead atoms. The first kappa shape index (κ1) is 21.5. The Morgan fingerprint density at radius 1 is 1.14 bits per heavy atom. The Bertz CT molecular complexity index is 901. The van der Waals surface area contributed by atoms with Crippen molar-refractivity contribution in [2.75, 3.05) is 28.4 Å². The van der Waals surface area contributed by atoms with E-state index in [1.54, 1.807) is 0 Å². The van der Waals surface area contributed by atoms with Gasteiger partial charge in [0.05, 0.1) is 14.2 Å². The number of aromatic hydroxyl groups is 1. The lowest BCUT2D eigenvalue weighted by molar-refractivity contribution is -0.100. The van der Waals surface area contributed by atoms with Gasteiger partial charge in [0.25, 0.3) is 0 Å². The van der Waals surface area contributed by atoms with E-state index < -0.39 is 47.1 Å². The van der Waals surface area contributed by atoms with Gasteiger partial charge in [-0.1, -0.05) is 0 Å². The maximum atomic E-state index is 13.2. The van der Waals surface area contributed by atoms with E-state index in [1.807, 2.05) is 0 Å². The Morgan fingerprint density at radius 2 is 1.75 bits per heavy atom. The van der Waals surface area contributed by atoms with E-state index in [-0.39, 0.29) is 21.9 Å². The minimum Gasteiger partial charge on any atom is -0.504 e. The lowest BCUT2D eigenvalue weighted by atomic mass is 10.0.